The fourth-order valence-corrected chi connectivity index (χ4v) is 2.33. The zero-order valence-electron chi connectivity index (χ0n) is 11.3. The predicted octanol–water partition coefficient (Wildman–Crippen LogP) is 2.78. The second-order valence-corrected chi connectivity index (χ2v) is 4.82. The number of para-hydroxylation sites is 1. The van der Waals surface area contributed by atoms with Crippen molar-refractivity contribution in [3.63, 3.8) is 0 Å². The van der Waals surface area contributed by atoms with Crippen molar-refractivity contribution in [1.29, 1.82) is 0 Å². The molecule has 20 heavy (non-hydrogen) atoms. The van der Waals surface area contributed by atoms with E-state index in [0.29, 0.717) is 12.8 Å². The SMILES string of the molecule is Cn1cc(CCC(=O)c2ccnc3ccccc23)cn1. The molecule has 0 aliphatic carbocycles. The second-order valence-electron chi connectivity index (χ2n) is 4.82. The standard InChI is InChI=1S/C16H15N3O/c1-19-11-12(10-18-19)6-7-16(20)14-8-9-17-15-5-3-2-4-13(14)15/h2-5,8-11H,6-7H2,1H3. The summed E-state index contributed by atoms with van der Waals surface area (Å²) in [7, 11) is 1.88. The molecule has 0 aliphatic heterocycles. The molecule has 3 rings (SSSR count). The van der Waals surface area contributed by atoms with Crippen LogP contribution in [-0.2, 0) is 13.5 Å². The number of nitrogens with zero attached hydrogens (tertiary/aromatic N) is 3. The Kier molecular flexibility index (Phi) is 3.29. The number of ketones is 1. The molecule has 4 heteroatoms. The average molecular weight is 265 g/mol. The zero-order valence-corrected chi connectivity index (χ0v) is 11.3. The van der Waals surface area contributed by atoms with Crippen LogP contribution in [0.2, 0.25) is 0 Å². The van der Waals surface area contributed by atoms with Crippen LogP contribution in [0.5, 0.6) is 0 Å². The van der Waals surface area contributed by atoms with Gasteiger partial charge in [0, 0.05) is 36.8 Å². The van der Waals surface area contributed by atoms with Crippen molar-refractivity contribution in [3.8, 4) is 0 Å². The maximum absolute atomic E-state index is 12.4. The van der Waals surface area contributed by atoms with Crippen LogP contribution in [0.3, 0.4) is 0 Å². The highest BCUT2D eigenvalue weighted by Crippen LogP contribution is 2.18. The Morgan fingerprint density at radius 2 is 2.10 bits per heavy atom. The minimum absolute atomic E-state index is 0.146. The largest absolute Gasteiger partial charge is 0.294 e. The van der Waals surface area contributed by atoms with Gasteiger partial charge in [0.05, 0.1) is 11.7 Å². The molecule has 2 heterocycles. The van der Waals surface area contributed by atoms with Gasteiger partial charge < -0.3 is 0 Å². The van der Waals surface area contributed by atoms with E-state index in [4.69, 9.17) is 0 Å². The lowest BCUT2D eigenvalue weighted by Crippen LogP contribution is -2.02. The van der Waals surface area contributed by atoms with Crippen LogP contribution in [0.15, 0.2) is 48.9 Å². The summed E-state index contributed by atoms with van der Waals surface area (Å²) in [5.41, 5.74) is 2.69. The van der Waals surface area contributed by atoms with E-state index in [-0.39, 0.29) is 5.78 Å². The van der Waals surface area contributed by atoms with Gasteiger partial charge in [-0.2, -0.15) is 5.10 Å². The molecule has 0 atom stereocenters. The number of rotatable bonds is 4. The highest BCUT2D eigenvalue weighted by Gasteiger charge is 2.10. The van der Waals surface area contributed by atoms with Gasteiger partial charge in [-0.3, -0.25) is 14.5 Å². The van der Waals surface area contributed by atoms with Crippen molar-refractivity contribution in [2.45, 2.75) is 12.8 Å². The minimum atomic E-state index is 0.146. The van der Waals surface area contributed by atoms with Gasteiger partial charge in [0.2, 0.25) is 0 Å². The number of hydrogen-bond acceptors (Lipinski definition) is 3. The first-order valence-corrected chi connectivity index (χ1v) is 6.58. The highest BCUT2D eigenvalue weighted by molar-refractivity contribution is 6.07. The molecule has 0 N–H and O–H groups in total. The fraction of sp³-hybridized carbons (Fsp3) is 0.188. The number of fused-ring (bicyclic) bond motifs is 1. The Balaban J connectivity index is 1.82. The van der Waals surface area contributed by atoms with Crippen molar-refractivity contribution < 1.29 is 4.79 Å². The molecule has 1 aromatic carbocycles. The summed E-state index contributed by atoms with van der Waals surface area (Å²) in [4.78, 5) is 16.7. The van der Waals surface area contributed by atoms with E-state index < -0.39 is 0 Å². The van der Waals surface area contributed by atoms with E-state index in [1.54, 1.807) is 23.1 Å². The number of carbonyl (C=O) groups excluding carboxylic acids is 1. The summed E-state index contributed by atoms with van der Waals surface area (Å²) in [6, 6.07) is 9.53. The lowest BCUT2D eigenvalue weighted by atomic mass is 10.0. The summed E-state index contributed by atoms with van der Waals surface area (Å²) < 4.78 is 1.75. The average Bonchev–Trinajstić information content (AvgIpc) is 2.90. The van der Waals surface area contributed by atoms with E-state index >= 15 is 0 Å². The van der Waals surface area contributed by atoms with Crippen molar-refractivity contribution in [1.82, 2.24) is 14.8 Å². The molecule has 4 nitrogen and oxygen atoms in total. The van der Waals surface area contributed by atoms with Crippen molar-refractivity contribution >= 4 is 16.7 Å². The van der Waals surface area contributed by atoms with Gasteiger partial charge in [0.1, 0.15) is 0 Å². The van der Waals surface area contributed by atoms with Crippen LogP contribution in [0.1, 0.15) is 22.3 Å². The van der Waals surface area contributed by atoms with Gasteiger partial charge in [0.25, 0.3) is 0 Å². The maximum Gasteiger partial charge on any atom is 0.163 e. The van der Waals surface area contributed by atoms with Gasteiger partial charge in [-0.05, 0) is 24.1 Å². The third kappa shape index (κ3) is 2.45. The lowest BCUT2D eigenvalue weighted by molar-refractivity contribution is 0.0984. The monoisotopic (exact) mass is 265 g/mol. The highest BCUT2D eigenvalue weighted by atomic mass is 16.1. The lowest BCUT2D eigenvalue weighted by Gasteiger charge is -2.04. The number of benzene rings is 1. The quantitative estimate of drug-likeness (QED) is 0.681. The van der Waals surface area contributed by atoms with Crippen LogP contribution in [0.4, 0.5) is 0 Å². The molecule has 0 fully saturated rings. The first-order valence-electron chi connectivity index (χ1n) is 6.58. The van der Waals surface area contributed by atoms with Crippen LogP contribution >= 0.6 is 0 Å². The molecule has 0 amide bonds. The van der Waals surface area contributed by atoms with Crippen LogP contribution in [0.25, 0.3) is 10.9 Å². The van der Waals surface area contributed by atoms with Crippen molar-refractivity contribution in [3.05, 3.63) is 60.0 Å². The smallest absolute Gasteiger partial charge is 0.163 e. The normalized spacial score (nSPS) is 10.8. The zero-order chi connectivity index (χ0) is 13.9. The third-order valence-electron chi connectivity index (χ3n) is 3.35. The Morgan fingerprint density at radius 1 is 1.25 bits per heavy atom. The Bertz CT molecular complexity index is 756. The number of pyridine rings is 1. The molecule has 100 valence electrons. The maximum atomic E-state index is 12.4. The molecule has 0 saturated carbocycles. The molecule has 2 aromatic heterocycles. The summed E-state index contributed by atoms with van der Waals surface area (Å²) >= 11 is 0. The molecule has 0 radical (unpaired) electrons. The molecular weight excluding hydrogens is 250 g/mol. The van der Waals surface area contributed by atoms with E-state index in [0.717, 1.165) is 22.0 Å². The molecule has 0 unspecified atom stereocenters. The third-order valence-corrected chi connectivity index (χ3v) is 3.35. The summed E-state index contributed by atoms with van der Waals surface area (Å²) in [5.74, 6) is 0.146. The summed E-state index contributed by atoms with van der Waals surface area (Å²) in [6.07, 6.45) is 6.64. The topological polar surface area (TPSA) is 47.8 Å². The second kappa shape index (κ2) is 5.25. The predicted molar refractivity (Wildman–Crippen MR) is 77.6 cm³/mol. The molecule has 0 aliphatic rings. The number of hydrogen-bond donors (Lipinski definition) is 0. The Hall–Kier alpha value is -2.49. The first-order chi connectivity index (χ1) is 9.74. The minimum Gasteiger partial charge on any atom is -0.294 e. The molecule has 3 aromatic rings. The molecule has 0 bridgehead atoms. The van der Waals surface area contributed by atoms with E-state index in [1.165, 1.54) is 0 Å². The number of aromatic nitrogens is 3. The van der Waals surface area contributed by atoms with Crippen molar-refractivity contribution in [2.75, 3.05) is 0 Å². The number of carbonyl (C=O) groups is 1. The first kappa shape index (κ1) is 12.5. The summed E-state index contributed by atoms with van der Waals surface area (Å²) in [5, 5.41) is 5.04. The van der Waals surface area contributed by atoms with E-state index in [9.17, 15) is 4.79 Å². The Labute approximate surface area is 117 Å². The summed E-state index contributed by atoms with van der Waals surface area (Å²) in [6.45, 7) is 0. The van der Waals surface area contributed by atoms with Gasteiger partial charge in [-0.25, -0.2) is 0 Å². The number of aryl methyl sites for hydroxylation is 2. The van der Waals surface area contributed by atoms with E-state index in [2.05, 4.69) is 10.1 Å². The Morgan fingerprint density at radius 3 is 2.90 bits per heavy atom. The van der Waals surface area contributed by atoms with Gasteiger partial charge >= 0.3 is 0 Å². The molecule has 0 spiro atoms. The molecular formula is C16H15N3O. The fourth-order valence-electron chi connectivity index (χ4n) is 2.33. The van der Waals surface area contributed by atoms with Crippen LogP contribution < -0.4 is 0 Å². The molecule has 0 saturated heterocycles. The van der Waals surface area contributed by atoms with Crippen LogP contribution in [0, 0.1) is 0 Å². The van der Waals surface area contributed by atoms with Crippen LogP contribution in [-0.4, -0.2) is 20.5 Å². The van der Waals surface area contributed by atoms with Gasteiger partial charge in [-0.15, -0.1) is 0 Å². The van der Waals surface area contributed by atoms with Gasteiger partial charge in [-0.1, -0.05) is 18.2 Å². The van der Waals surface area contributed by atoms with E-state index in [1.807, 2.05) is 37.5 Å². The van der Waals surface area contributed by atoms with Crippen molar-refractivity contribution in [2.24, 2.45) is 7.05 Å². The van der Waals surface area contributed by atoms with Gasteiger partial charge in [0.15, 0.2) is 5.78 Å². The number of Topliss-reactive ketones (excluding diaryl/α,β-unsaturated/α-hetero) is 1.